The summed E-state index contributed by atoms with van der Waals surface area (Å²) in [6.45, 7) is 6.82. The maximum Gasteiger partial charge on any atom is 0.253 e. The van der Waals surface area contributed by atoms with Crippen LogP contribution in [-0.4, -0.2) is 83.3 Å². The molecule has 2 saturated heterocycles. The Hall–Kier alpha value is -1.53. The summed E-state index contributed by atoms with van der Waals surface area (Å²) in [5.74, 6) is 3.05. The number of nitrogens with zero attached hydrogens (tertiary/aromatic N) is 3. The molecule has 1 atom stereocenters. The zero-order valence-corrected chi connectivity index (χ0v) is 18.3. The third-order valence-electron chi connectivity index (χ3n) is 6.72. The standard InChI is InChI=1S/C23H33N3O2S/c1-18-6-8-20(9-7-18)22(27)25-12-10-24(11-13-25)21(19-4-2-3-5-19)23(28)26-14-16-29-17-15-26/h6-9,19,21H,2-5,10-17H2,1H3. The predicted molar refractivity (Wildman–Crippen MR) is 118 cm³/mol. The van der Waals surface area contributed by atoms with Crippen molar-refractivity contribution in [3.8, 4) is 0 Å². The van der Waals surface area contributed by atoms with Crippen LogP contribution in [-0.2, 0) is 4.79 Å². The van der Waals surface area contributed by atoms with E-state index < -0.39 is 0 Å². The van der Waals surface area contributed by atoms with Gasteiger partial charge >= 0.3 is 0 Å². The Kier molecular flexibility index (Phi) is 6.81. The van der Waals surface area contributed by atoms with Crippen molar-refractivity contribution in [3.63, 3.8) is 0 Å². The maximum atomic E-state index is 13.4. The second-order valence-electron chi connectivity index (χ2n) is 8.62. The highest BCUT2D eigenvalue weighted by Crippen LogP contribution is 2.32. The van der Waals surface area contributed by atoms with E-state index in [1.165, 1.54) is 31.2 Å². The maximum absolute atomic E-state index is 13.4. The summed E-state index contributed by atoms with van der Waals surface area (Å²) in [6, 6.07) is 7.84. The van der Waals surface area contributed by atoms with Crippen molar-refractivity contribution in [3.05, 3.63) is 35.4 Å². The molecule has 158 valence electrons. The van der Waals surface area contributed by atoms with Gasteiger partial charge in [-0.3, -0.25) is 14.5 Å². The molecule has 3 aliphatic rings. The van der Waals surface area contributed by atoms with Gasteiger partial charge in [0.05, 0.1) is 6.04 Å². The van der Waals surface area contributed by atoms with Crippen molar-refractivity contribution in [2.24, 2.45) is 5.92 Å². The van der Waals surface area contributed by atoms with Crippen LogP contribution in [0, 0.1) is 12.8 Å². The highest BCUT2D eigenvalue weighted by molar-refractivity contribution is 7.99. The fraction of sp³-hybridized carbons (Fsp3) is 0.652. The number of hydrogen-bond donors (Lipinski definition) is 0. The topological polar surface area (TPSA) is 43.9 Å². The van der Waals surface area contributed by atoms with Crippen LogP contribution in [0.1, 0.15) is 41.6 Å². The monoisotopic (exact) mass is 415 g/mol. The van der Waals surface area contributed by atoms with Crippen LogP contribution in [0.15, 0.2) is 24.3 Å². The van der Waals surface area contributed by atoms with E-state index in [4.69, 9.17) is 0 Å². The molecule has 1 aliphatic carbocycles. The van der Waals surface area contributed by atoms with E-state index in [2.05, 4.69) is 9.80 Å². The van der Waals surface area contributed by atoms with E-state index in [-0.39, 0.29) is 11.9 Å². The number of carbonyl (C=O) groups is 2. The van der Waals surface area contributed by atoms with Gasteiger partial charge in [0.1, 0.15) is 0 Å². The molecule has 1 aromatic rings. The van der Waals surface area contributed by atoms with Gasteiger partial charge in [-0.2, -0.15) is 11.8 Å². The Morgan fingerprint density at radius 1 is 0.897 bits per heavy atom. The average molecular weight is 416 g/mol. The van der Waals surface area contributed by atoms with Crippen LogP contribution in [0.4, 0.5) is 0 Å². The van der Waals surface area contributed by atoms with Gasteiger partial charge in [0.25, 0.3) is 5.91 Å². The largest absolute Gasteiger partial charge is 0.340 e. The van der Waals surface area contributed by atoms with Crippen molar-refractivity contribution in [1.29, 1.82) is 0 Å². The highest BCUT2D eigenvalue weighted by atomic mass is 32.2. The Labute approximate surface area is 178 Å². The highest BCUT2D eigenvalue weighted by Gasteiger charge is 2.39. The van der Waals surface area contributed by atoms with Gasteiger partial charge < -0.3 is 9.80 Å². The minimum atomic E-state index is 0.0113. The van der Waals surface area contributed by atoms with Gasteiger partial charge in [-0.25, -0.2) is 0 Å². The number of piperazine rings is 1. The lowest BCUT2D eigenvalue weighted by molar-refractivity contribution is -0.139. The first kappa shape index (κ1) is 20.7. The van der Waals surface area contributed by atoms with Crippen molar-refractivity contribution in [2.45, 2.75) is 38.6 Å². The van der Waals surface area contributed by atoms with E-state index >= 15 is 0 Å². The van der Waals surface area contributed by atoms with Crippen molar-refractivity contribution < 1.29 is 9.59 Å². The lowest BCUT2D eigenvalue weighted by Gasteiger charge is -2.43. The SMILES string of the molecule is Cc1ccc(C(=O)N2CCN(C(C(=O)N3CCSCC3)C3CCCC3)CC2)cc1. The Morgan fingerprint density at radius 2 is 1.52 bits per heavy atom. The predicted octanol–water partition coefficient (Wildman–Crippen LogP) is 2.89. The van der Waals surface area contributed by atoms with Crippen LogP contribution in [0.5, 0.6) is 0 Å². The van der Waals surface area contributed by atoms with Crippen molar-refractivity contribution in [1.82, 2.24) is 14.7 Å². The van der Waals surface area contributed by atoms with E-state index in [9.17, 15) is 9.59 Å². The second-order valence-corrected chi connectivity index (χ2v) is 9.85. The first-order valence-electron chi connectivity index (χ1n) is 11.1. The van der Waals surface area contributed by atoms with Crippen molar-refractivity contribution >= 4 is 23.6 Å². The fourth-order valence-corrected chi connectivity index (χ4v) is 5.88. The summed E-state index contributed by atoms with van der Waals surface area (Å²) in [4.78, 5) is 32.7. The lowest BCUT2D eigenvalue weighted by Crippen LogP contribution is -2.59. The summed E-state index contributed by atoms with van der Waals surface area (Å²) < 4.78 is 0. The van der Waals surface area contributed by atoms with Gasteiger partial charge in [-0.1, -0.05) is 30.5 Å². The minimum absolute atomic E-state index is 0.0113. The lowest BCUT2D eigenvalue weighted by atomic mass is 9.94. The molecule has 5 nitrogen and oxygen atoms in total. The smallest absolute Gasteiger partial charge is 0.253 e. The van der Waals surface area contributed by atoms with Crippen LogP contribution in [0.2, 0.25) is 0 Å². The van der Waals surface area contributed by atoms with Gasteiger partial charge in [-0.15, -0.1) is 0 Å². The average Bonchev–Trinajstić information content (AvgIpc) is 3.29. The molecule has 0 radical (unpaired) electrons. The van der Waals surface area contributed by atoms with E-state index in [0.717, 1.165) is 43.2 Å². The number of rotatable bonds is 4. The Bertz CT molecular complexity index is 703. The van der Waals surface area contributed by atoms with Crippen LogP contribution in [0.3, 0.4) is 0 Å². The first-order valence-corrected chi connectivity index (χ1v) is 12.3. The van der Waals surface area contributed by atoms with Crippen LogP contribution >= 0.6 is 11.8 Å². The van der Waals surface area contributed by atoms with Crippen LogP contribution in [0.25, 0.3) is 0 Å². The van der Waals surface area contributed by atoms with Gasteiger partial charge in [0, 0.05) is 56.3 Å². The van der Waals surface area contributed by atoms with Gasteiger partial charge in [0.15, 0.2) is 0 Å². The number of benzene rings is 1. The molecule has 2 amide bonds. The molecule has 3 fully saturated rings. The molecule has 4 rings (SSSR count). The van der Waals surface area contributed by atoms with Gasteiger partial charge in [-0.05, 0) is 37.8 Å². The summed E-state index contributed by atoms with van der Waals surface area (Å²) in [5.41, 5.74) is 1.93. The van der Waals surface area contributed by atoms with E-state index in [1.54, 1.807) is 0 Å². The number of hydrogen-bond acceptors (Lipinski definition) is 4. The first-order chi connectivity index (χ1) is 14.1. The number of carbonyl (C=O) groups excluding carboxylic acids is 2. The third kappa shape index (κ3) is 4.80. The zero-order valence-electron chi connectivity index (χ0n) is 17.5. The molecule has 2 aliphatic heterocycles. The van der Waals surface area contributed by atoms with E-state index in [0.29, 0.717) is 24.9 Å². The summed E-state index contributed by atoms with van der Waals surface area (Å²) in [6.07, 6.45) is 4.83. The molecule has 6 heteroatoms. The normalized spacial score (nSPS) is 22.7. The molecule has 1 saturated carbocycles. The molecule has 0 N–H and O–H groups in total. The van der Waals surface area contributed by atoms with Gasteiger partial charge in [0.2, 0.25) is 5.91 Å². The van der Waals surface area contributed by atoms with Crippen molar-refractivity contribution in [2.75, 3.05) is 50.8 Å². The van der Waals surface area contributed by atoms with E-state index in [1.807, 2.05) is 47.9 Å². The number of amides is 2. The number of thioether (sulfide) groups is 1. The quantitative estimate of drug-likeness (QED) is 0.759. The summed E-state index contributed by atoms with van der Waals surface area (Å²) in [7, 11) is 0. The summed E-state index contributed by atoms with van der Waals surface area (Å²) >= 11 is 1.95. The van der Waals surface area contributed by atoms with Crippen LogP contribution < -0.4 is 0 Å². The summed E-state index contributed by atoms with van der Waals surface area (Å²) in [5, 5.41) is 0. The molecular formula is C23H33N3O2S. The molecule has 1 aromatic carbocycles. The Balaban J connectivity index is 1.41. The number of aryl methyl sites for hydroxylation is 1. The zero-order chi connectivity index (χ0) is 20.2. The fourth-order valence-electron chi connectivity index (χ4n) is 4.98. The molecule has 0 spiro atoms. The molecule has 2 heterocycles. The molecule has 0 aromatic heterocycles. The molecule has 0 bridgehead atoms. The minimum Gasteiger partial charge on any atom is -0.340 e. The second kappa shape index (κ2) is 9.52. The third-order valence-corrected chi connectivity index (χ3v) is 7.66. The molecular weight excluding hydrogens is 382 g/mol. The molecule has 1 unspecified atom stereocenters. The Morgan fingerprint density at radius 3 is 2.14 bits per heavy atom. The molecule has 29 heavy (non-hydrogen) atoms.